The molecule has 22 heavy (non-hydrogen) atoms. The molecule has 4 saturated carbocycles. The van der Waals surface area contributed by atoms with Crippen LogP contribution in [-0.2, 0) is 4.79 Å². The topological polar surface area (TPSA) is 17.1 Å². The highest BCUT2D eigenvalue weighted by Gasteiger charge is 2.59. The van der Waals surface area contributed by atoms with Crippen LogP contribution in [0.3, 0.4) is 0 Å². The second-order valence-electron chi connectivity index (χ2n) is 9.63. The molecule has 1 heteroatoms. The highest BCUT2D eigenvalue weighted by Crippen LogP contribution is 2.67. The molecule has 7 atom stereocenters. The summed E-state index contributed by atoms with van der Waals surface area (Å²) in [5, 5.41) is 0. The van der Waals surface area contributed by atoms with Crippen LogP contribution >= 0.6 is 0 Å². The number of carbonyl (C=O) groups excluding carboxylic acids is 1. The van der Waals surface area contributed by atoms with Crippen molar-refractivity contribution in [2.75, 3.05) is 0 Å². The zero-order valence-corrected chi connectivity index (χ0v) is 14.9. The second kappa shape index (κ2) is 5.08. The van der Waals surface area contributed by atoms with Gasteiger partial charge in [0.1, 0.15) is 5.78 Å². The average molecular weight is 303 g/mol. The number of ketones is 1. The third kappa shape index (κ3) is 1.93. The molecule has 0 saturated heterocycles. The van der Waals surface area contributed by atoms with Gasteiger partial charge in [0.25, 0.3) is 0 Å². The van der Waals surface area contributed by atoms with E-state index in [0.29, 0.717) is 22.5 Å². The van der Waals surface area contributed by atoms with Crippen molar-refractivity contribution in [3.63, 3.8) is 0 Å². The maximum absolute atomic E-state index is 11.9. The van der Waals surface area contributed by atoms with Crippen LogP contribution in [0.25, 0.3) is 0 Å². The summed E-state index contributed by atoms with van der Waals surface area (Å²) < 4.78 is 0. The average Bonchev–Trinajstić information content (AvgIpc) is 2.84. The second-order valence-corrected chi connectivity index (χ2v) is 9.63. The lowest BCUT2D eigenvalue weighted by atomic mass is 9.45. The normalized spacial score (nSPS) is 54.5. The van der Waals surface area contributed by atoms with Gasteiger partial charge in [-0.2, -0.15) is 0 Å². The number of rotatable bonds is 1. The minimum atomic E-state index is 0.489. The van der Waals surface area contributed by atoms with Gasteiger partial charge in [0, 0.05) is 12.8 Å². The standard InChI is InChI=1S/C21H34O/c1-4-14-6-8-18-17-7-5-15-13-16(22)9-11-21(15,3)19(17)10-12-20(14,18)2/h14-15,17-19H,4-13H2,1-3H3/t14-,15?,17+,18+,19+,20-,21+/m1/s1. The van der Waals surface area contributed by atoms with Crippen LogP contribution in [0, 0.1) is 40.4 Å². The predicted molar refractivity (Wildman–Crippen MR) is 90.5 cm³/mol. The fourth-order valence-corrected chi connectivity index (χ4v) is 7.82. The van der Waals surface area contributed by atoms with Gasteiger partial charge in [0.15, 0.2) is 0 Å². The molecule has 4 fully saturated rings. The minimum absolute atomic E-state index is 0.489. The Morgan fingerprint density at radius 3 is 2.50 bits per heavy atom. The molecule has 4 rings (SSSR count). The van der Waals surface area contributed by atoms with Crippen molar-refractivity contribution >= 4 is 5.78 Å². The van der Waals surface area contributed by atoms with Crippen molar-refractivity contribution in [1.82, 2.24) is 0 Å². The van der Waals surface area contributed by atoms with E-state index in [9.17, 15) is 4.79 Å². The van der Waals surface area contributed by atoms with Gasteiger partial charge in [-0.25, -0.2) is 0 Å². The lowest BCUT2D eigenvalue weighted by Gasteiger charge is -2.60. The number of carbonyl (C=O) groups is 1. The zero-order chi connectivity index (χ0) is 15.5. The van der Waals surface area contributed by atoms with E-state index in [2.05, 4.69) is 20.8 Å². The van der Waals surface area contributed by atoms with E-state index < -0.39 is 0 Å². The molecule has 0 N–H and O–H groups in total. The van der Waals surface area contributed by atoms with Crippen LogP contribution in [-0.4, -0.2) is 5.78 Å². The minimum Gasteiger partial charge on any atom is -0.300 e. The first-order valence-corrected chi connectivity index (χ1v) is 10.0. The van der Waals surface area contributed by atoms with Gasteiger partial charge >= 0.3 is 0 Å². The van der Waals surface area contributed by atoms with Gasteiger partial charge in [-0.1, -0.05) is 27.2 Å². The Kier molecular flexibility index (Phi) is 3.51. The first kappa shape index (κ1) is 15.2. The Labute approximate surface area is 136 Å². The summed E-state index contributed by atoms with van der Waals surface area (Å²) in [6.07, 6.45) is 13.0. The molecule has 0 heterocycles. The Hall–Kier alpha value is -0.330. The van der Waals surface area contributed by atoms with Crippen molar-refractivity contribution in [1.29, 1.82) is 0 Å². The van der Waals surface area contributed by atoms with E-state index in [1.54, 1.807) is 0 Å². The molecule has 4 aliphatic rings. The van der Waals surface area contributed by atoms with Gasteiger partial charge in [0.2, 0.25) is 0 Å². The molecule has 0 spiro atoms. The molecule has 0 aromatic heterocycles. The quantitative estimate of drug-likeness (QED) is 0.614. The largest absolute Gasteiger partial charge is 0.300 e. The van der Waals surface area contributed by atoms with Crippen LogP contribution in [0.4, 0.5) is 0 Å². The smallest absolute Gasteiger partial charge is 0.133 e. The molecule has 0 bridgehead atoms. The van der Waals surface area contributed by atoms with Crippen molar-refractivity contribution in [3.8, 4) is 0 Å². The summed E-state index contributed by atoms with van der Waals surface area (Å²) in [5.41, 5.74) is 1.13. The van der Waals surface area contributed by atoms with Crippen molar-refractivity contribution < 1.29 is 4.79 Å². The van der Waals surface area contributed by atoms with Gasteiger partial charge in [-0.15, -0.1) is 0 Å². The zero-order valence-electron chi connectivity index (χ0n) is 14.9. The molecular weight excluding hydrogens is 268 g/mol. The Morgan fingerprint density at radius 2 is 1.73 bits per heavy atom. The fraction of sp³-hybridized carbons (Fsp3) is 0.952. The summed E-state index contributed by atoms with van der Waals surface area (Å²) in [5.74, 6) is 5.14. The van der Waals surface area contributed by atoms with E-state index in [1.165, 1.54) is 51.4 Å². The molecule has 124 valence electrons. The van der Waals surface area contributed by atoms with Crippen LogP contribution < -0.4 is 0 Å². The van der Waals surface area contributed by atoms with Gasteiger partial charge in [-0.05, 0) is 85.4 Å². The molecule has 1 unspecified atom stereocenters. The monoisotopic (exact) mass is 302 g/mol. The SMILES string of the molecule is CC[C@@H]1CC[C@H]2[C@@H]3CCC4CC(=O)CC[C@]4(C)[C@H]3CC[C@]12C. The highest BCUT2D eigenvalue weighted by atomic mass is 16.1. The van der Waals surface area contributed by atoms with Gasteiger partial charge < -0.3 is 0 Å². The molecule has 1 nitrogen and oxygen atoms in total. The molecule has 0 radical (unpaired) electrons. The summed E-state index contributed by atoms with van der Waals surface area (Å²) in [6.45, 7) is 7.61. The van der Waals surface area contributed by atoms with E-state index in [4.69, 9.17) is 0 Å². The molecule has 0 aromatic carbocycles. The van der Waals surface area contributed by atoms with Crippen LogP contribution in [0.1, 0.15) is 85.0 Å². The maximum Gasteiger partial charge on any atom is 0.133 e. The summed E-state index contributed by atoms with van der Waals surface area (Å²) in [7, 11) is 0. The molecule has 0 amide bonds. The van der Waals surface area contributed by atoms with E-state index in [0.717, 1.165) is 36.5 Å². The number of hydrogen-bond donors (Lipinski definition) is 0. The Bertz CT molecular complexity index is 469. The van der Waals surface area contributed by atoms with Crippen LogP contribution in [0.15, 0.2) is 0 Å². The summed E-state index contributed by atoms with van der Waals surface area (Å²) >= 11 is 0. The Morgan fingerprint density at radius 1 is 0.955 bits per heavy atom. The third-order valence-electron chi connectivity index (χ3n) is 9.17. The van der Waals surface area contributed by atoms with Crippen LogP contribution in [0.5, 0.6) is 0 Å². The Balaban J connectivity index is 1.62. The third-order valence-corrected chi connectivity index (χ3v) is 9.17. The van der Waals surface area contributed by atoms with Crippen molar-refractivity contribution in [2.45, 2.75) is 85.0 Å². The van der Waals surface area contributed by atoms with E-state index in [-0.39, 0.29) is 0 Å². The highest BCUT2D eigenvalue weighted by molar-refractivity contribution is 5.79. The first-order chi connectivity index (χ1) is 10.5. The lowest BCUT2D eigenvalue weighted by Crippen LogP contribution is -2.53. The number of hydrogen-bond acceptors (Lipinski definition) is 1. The van der Waals surface area contributed by atoms with Crippen molar-refractivity contribution in [3.05, 3.63) is 0 Å². The first-order valence-electron chi connectivity index (χ1n) is 10.0. The molecule has 4 aliphatic carbocycles. The lowest BCUT2D eigenvalue weighted by molar-refractivity contribution is -0.139. The number of fused-ring (bicyclic) bond motifs is 5. The fourth-order valence-electron chi connectivity index (χ4n) is 7.82. The van der Waals surface area contributed by atoms with E-state index >= 15 is 0 Å². The summed E-state index contributed by atoms with van der Waals surface area (Å²) in [4.78, 5) is 11.9. The molecule has 0 aliphatic heterocycles. The van der Waals surface area contributed by atoms with Gasteiger partial charge in [-0.3, -0.25) is 4.79 Å². The summed E-state index contributed by atoms with van der Waals surface area (Å²) in [6, 6.07) is 0. The van der Waals surface area contributed by atoms with E-state index in [1.807, 2.05) is 0 Å². The van der Waals surface area contributed by atoms with Crippen molar-refractivity contribution in [2.24, 2.45) is 40.4 Å². The predicted octanol–water partition coefficient (Wildman–Crippen LogP) is 5.62. The molecule has 0 aromatic rings. The van der Waals surface area contributed by atoms with Gasteiger partial charge in [0.05, 0.1) is 0 Å². The number of Topliss-reactive ketones (excluding diaryl/α,β-unsaturated/α-hetero) is 1. The van der Waals surface area contributed by atoms with Crippen LogP contribution in [0.2, 0.25) is 0 Å². The maximum atomic E-state index is 11.9. The molecular formula is C21H34O.